The number of carbonyl (C=O) groups is 2. The summed E-state index contributed by atoms with van der Waals surface area (Å²) in [5.41, 5.74) is 1.37. The smallest absolute Gasteiger partial charge is 0.321 e. The number of rotatable bonds is 8. The standard InChI is InChI=1S/C18H19N3O5/c1-12-7-8-14(16(9-12)21(25)26)20-17(22)10-15(18(23)24)19-11-13-5-3-2-4-6-13/h2-9,15,19H,10-11H2,1H3,(H,20,22)(H,23,24). The zero-order valence-corrected chi connectivity index (χ0v) is 14.1. The highest BCUT2D eigenvalue weighted by atomic mass is 16.6. The van der Waals surface area contributed by atoms with E-state index >= 15 is 0 Å². The van der Waals surface area contributed by atoms with Gasteiger partial charge in [-0.2, -0.15) is 0 Å². The fourth-order valence-electron chi connectivity index (χ4n) is 2.37. The lowest BCUT2D eigenvalue weighted by molar-refractivity contribution is -0.384. The van der Waals surface area contributed by atoms with Crippen molar-refractivity contribution in [2.45, 2.75) is 25.9 Å². The van der Waals surface area contributed by atoms with E-state index in [1.165, 1.54) is 12.1 Å². The fraction of sp³-hybridized carbons (Fsp3) is 0.222. The van der Waals surface area contributed by atoms with Gasteiger partial charge in [0, 0.05) is 12.6 Å². The van der Waals surface area contributed by atoms with Crippen LogP contribution in [0.5, 0.6) is 0 Å². The highest BCUT2D eigenvalue weighted by Crippen LogP contribution is 2.25. The first kappa shape index (κ1) is 19.1. The summed E-state index contributed by atoms with van der Waals surface area (Å²) in [6.07, 6.45) is -0.354. The monoisotopic (exact) mass is 357 g/mol. The molecule has 0 saturated carbocycles. The van der Waals surface area contributed by atoms with Gasteiger partial charge in [0.25, 0.3) is 5.69 Å². The Labute approximate surface area is 150 Å². The second-order valence-electron chi connectivity index (χ2n) is 5.79. The molecule has 1 atom stereocenters. The molecule has 0 aromatic heterocycles. The van der Waals surface area contributed by atoms with Crippen LogP contribution in [0.4, 0.5) is 11.4 Å². The van der Waals surface area contributed by atoms with Gasteiger partial charge in [-0.1, -0.05) is 36.4 Å². The Morgan fingerprint density at radius 2 is 1.88 bits per heavy atom. The first-order valence-electron chi connectivity index (χ1n) is 7.92. The summed E-state index contributed by atoms with van der Waals surface area (Å²) in [6.45, 7) is 1.99. The van der Waals surface area contributed by atoms with Crippen molar-refractivity contribution in [2.24, 2.45) is 0 Å². The van der Waals surface area contributed by atoms with Crippen molar-refractivity contribution < 1.29 is 19.6 Å². The summed E-state index contributed by atoms with van der Waals surface area (Å²) in [5.74, 6) is -1.79. The van der Waals surface area contributed by atoms with Gasteiger partial charge in [0.1, 0.15) is 11.7 Å². The molecule has 1 unspecified atom stereocenters. The number of aliphatic carboxylic acids is 1. The molecule has 8 heteroatoms. The van der Waals surface area contributed by atoms with Gasteiger partial charge in [-0.15, -0.1) is 0 Å². The van der Waals surface area contributed by atoms with Gasteiger partial charge in [0.15, 0.2) is 0 Å². The number of nitro benzene ring substituents is 1. The molecule has 0 fully saturated rings. The van der Waals surface area contributed by atoms with E-state index in [-0.39, 0.29) is 24.3 Å². The lowest BCUT2D eigenvalue weighted by Gasteiger charge is -2.14. The molecule has 2 rings (SSSR count). The minimum Gasteiger partial charge on any atom is -0.480 e. The third kappa shape index (κ3) is 5.38. The summed E-state index contributed by atoms with van der Waals surface area (Å²) in [6, 6.07) is 12.5. The van der Waals surface area contributed by atoms with Crippen LogP contribution in [-0.2, 0) is 16.1 Å². The molecule has 26 heavy (non-hydrogen) atoms. The van der Waals surface area contributed by atoms with E-state index in [1.807, 2.05) is 30.3 Å². The molecule has 2 aromatic carbocycles. The maximum Gasteiger partial charge on any atom is 0.321 e. The van der Waals surface area contributed by atoms with Crippen LogP contribution in [0.2, 0.25) is 0 Å². The molecule has 0 aliphatic heterocycles. The number of nitrogens with zero attached hydrogens (tertiary/aromatic N) is 1. The van der Waals surface area contributed by atoms with Gasteiger partial charge < -0.3 is 10.4 Å². The van der Waals surface area contributed by atoms with Gasteiger partial charge in [0.2, 0.25) is 5.91 Å². The van der Waals surface area contributed by atoms with Crippen LogP contribution < -0.4 is 10.6 Å². The average Bonchev–Trinajstić information content (AvgIpc) is 2.60. The SMILES string of the molecule is Cc1ccc(NC(=O)CC(NCc2ccccc2)C(=O)O)c([N+](=O)[O-])c1. The molecule has 0 spiro atoms. The van der Waals surface area contributed by atoms with Crippen molar-refractivity contribution in [1.29, 1.82) is 0 Å². The Morgan fingerprint density at radius 1 is 1.19 bits per heavy atom. The second-order valence-corrected chi connectivity index (χ2v) is 5.79. The van der Waals surface area contributed by atoms with E-state index < -0.39 is 22.8 Å². The van der Waals surface area contributed by atoms with Crippen molar-refractivity contribution in [2.75, 3.05) is 5.32 Å². The molecular weight excluding hydrogens is 338 g/mol. The minimum absolute atomic E-state index is 0.0396. The quantitative estimate of drug-likeness (QED) is 0.493. The normalized spacial score (nSPS) is 11.6. The van der Waals surface area contributed by atoms with Crippen LogP contribution in [0.3, 0.4) is 0 Å². The van der Waals surface area contributed by atoms with Crippen molar-refractivity contribution in [3.8, 4) is 0 Å². The maximum atomic E-state index is 12.2. The van der Waals surface area contributed by atoms with Crippen LogP contribution in [0.1, 0.15) is 17.5 Å². The molecule has 0 bridgehead atoms. The van der Waals surface area contributed by atoms with E-state index in [0.717, 1.165) is 5.56 Å². The lowest BCUT2D eigenvalue weighted by atomic mass is 10.1. The molecule has 0 saturated heterocycles. The van der Waals surface area contributed by atoms with Gasteiger partial charge in [0.05, 0.1) is 11.3 Å². The Balaban J connectivity index is 2.02. The number of amides is 1. The molecule has 0 heterocycles. The molecule has 3 N–H and O–H groups in total. The molecule has 8 nitrogen and oxygen atoms in total. The second kappa shape index (κ2) is 8.72. The van der Waals surface area contributed by atoms with Crippen molar-refractivity contribution in [3.63, 3.8) is 0 Å². The first-order chi connectivity index (χ1) is 12.4. The number of anilines is 1. The topological polar surface area (TPSA) is 122 Å². The number of hydrogen-bond acceptors (Lipinski definition) is 5. The van der Waals surface area contributed by atoms with Gasteiger partial charge in [-0.25, -0.2) is 0 Å². The number of carboxylic acid groups (broad SMARTS) is 1. The van der Waals surface area contributed by atoms with E-state index in [2.05, 4.69) is 10.6 Å². The van der Waals surface area contributed by atoms with Crippen LogP contribution >= 0.6 is 0 Å². The number of nitro groups is 1. The fourth-order valence-corrected chi connectivity index (χ4v) is 2.37. The summed E-state index contributed by atoms with van der Waals surface area (Å²) >= 11 is 0. The maximum absolute atomic E-state index is 12.2. The molecule has 0 radical (unpaired) electrons. The van der Waals surface area contributed by atoms with Crippen LogP contribution in [0, 0.1) is 17.0 Å². The Morgan fingerprint density at radius 3 is 2.50 bits per heavy atom. The molecule has 0 aliphatic rings. The molecule has 136 valence electrons. The zero-order valence-electron chi connectivity index (χ0n) is 14.1. The number of carbonyl (C=O) groups excluding carboxylic acids is 1. The van der Waals surface area contributed by atoms with Crippen molar-refractivity contribution in [1.82, 2.24) is 5.32 Å². The highest BCUT2D eigenvalue weighted by Gasteiger charge is 2.23. The zero-order chi connectivity index (χ0) is 19.1. The van der Waals surface area contributed by atoms with E-state index in [9.17, 15) is 24.8 Å². The van der Waals surface area contributed by atoms with Crippen LogP contribution in [0.25, 0.3) is 0 Å². The molecular formula is C18H19N3O5. The Hall–Kier alpha value is -3.26. The first-order valence-corrected chi connectivity index (χ1v) is 7.92. The molecule has 1 amide bonds. The van der Waals surface area contributed by atoms with Crippen LogP contribution in [-0.4, -0.2) is 27.9 Å². The Kier molecular flexibility index (Phi) is 6.40. The van der Waals surface area contributed by atoms with Gasteiger partial charge >= 0.3 is 5.97 Å². The largest absolute Gasteiger partial charge is 0.480 e. The predicted molar refractivity (Wildman–Crippen MR) is 95.8 cm³/mol. The number of benzene rings is 2. The van der Waals surface area contributed by atoms with Crippen molar-refractivity contribution in [3.05, 3.63) is 69.8 Å². The summed E-state index contributed by atoms with van der Waals surface area (Å²) in [4.78, 5) is 34.0. The van der Waals surface area contributed by atoms with Gasteiger partial charge in [-0.05, 0) is 24.1 Å². The third-order valence-electron chi connectivity index (χ3n) is 3.71. The molecule has 2 aromatic rings. The minimum atomic E-state index is -1.17. The number of nitrogens with one attached hydrogen (secondary N) is 2. The Bertz CT molecular complexity index is 808. The summed E-state index contributed by atoms with van der Waals surface area (Å²) in [5, 5.41) is 25.6. The van der Waals surface area contributed by atoms with E-state index in [4.69, 9.17) is 0 Å². The molecule has 0 aliphatic carbocycles. The number of carboxylic acids is 1. The summed E-state index contributed by atoms with van der Waals surface area (Å²) in [7, 11) is 0. The van der Waals surface area contributed by atoms with Crippen LogP contribution in [0.15, 0.2) is 48.5 Å². The van der Waals surface area contributed by atoms with Gasteiger partial charge in [-0.3, -0.25) is 25.0 Å². The third-order valence-corrected chi connectivity index (χ3v) is 3.71. The number of aryl methyl sites for hydroxylation is 1. The van der Waals surface area contributed by atoms with E-state index in [1.54, 1.807) is 13.0 Å². The van der Waals surface area contributed by atoms with E-state index in [0.29, 0.717) is 5.56 Å². The predicted octanol–water partition coefficient (Wildman–Crippen LogP) is 2.47. The summed E-state index contributed by atoms with van der Waals surface area (Å²) < 4.78 is 0. The lowest BCUT2D eigenvalue weighted by Crippen LogP contribution is -2.39. The number of hydrogen-bond donors (Lipinski definition) is 3. The van der Waals surface area contributed by atoms with Crippen molar-refractivity contribution >= 4 is 23.3 Å². The average molecular weight is 357 g/mol. The highest BCUT2D eigenvalue weighted by molar-refractivity contribution is 5.95.